The van der Waals surface area contributed by atoms with Crippen molar-refractivity contribution in [2.45, 2.75) is 26.2 Å². The molecule has 3 N–H and O–H groups in total. The van der Waals surface area contributed by atoms with Crippen molar-refractivity contribution in [1.82, 2.24) is 4.98 Å². The summed E-state index contributed by atoms with van der Waals surface area (Å²) in [7, 11) is 0. The van der Waals surface area contributed by atoms with Gasteiger partial charge < -0.3 is 10.8 Å². The summed E-state index contributed by atoms with van der Waals surface area (Å²) in [6.07, 6.45) is 1.48. The van der Waals surface area contributed by atoms with E-state index in [0.717, 1.165) is 5.69 Å². The molecular weight excluding hydrogens is 230 g/mol. The summed E-state index contributed by atoms with van der Waals surface area (Å²) in [5.74, 6) is -1.34. The average molecular weight is 245 g/mol. The molecule has 1 aromatic rings. The summed E-state index contributed by atoms with van der Waals surface area (Å²) in [5, 5.41) is 17.5. The molecule has 1 rings (SSSR count). The lowest BCUT2D eigenvalue weighted by Gasteiger charge is -2.17. The average Bonchev–Trinajstić information content (AvgIpc) is 2.28. The molecular formula is C13H15N3O2. The minimum Gasteiger partial charge on any atom is -0.477 e. The molecule has 0 fully saturated rings. The molecule has 18 heavy (non-hydrogen) atoms. The Morgan fingerprint density at radius 3 is 2.39 bits per heavy atom. The van der Waals surface area contributed by atoms with E-state index in [2.05, 4.69) is 4.98 Å². The lowest BCUT2D eigenvalue weighted by molar-refractivity contribution is -0.132. The number of carbonyl (C=O) groups is 1. The maximum Gasteiger partial charge on any atom is 0.348 e. The minimum absolute atomic E-state index is 0.0713. The van der Waals surface area contributed by atoms with Gasteiger partial charge in [-0.3, -0.25) is 4.98 Å². The van der Waals surface area contributed by atoms with Crippen LogP contribution in [0.4, 0.5) is 0 Å². The van der Waals surface area contributed by atoms with Gasteiger partial charge in [0.2, 0.25) is 0 Å². The Morgan fingerprint density at radius 1 is 1.44 bits per heavy atom. The van der Waals surface area contributed by atoms with E-state index in [9.17, 15) is 4.79 Å². The number of pyridine rings is 1. The Morgan fingerprint density at radius 2 is 2.06 bits per heavy atom. The van der Waals surface area contributed by atoms with E-state index in [4.69, 9.17) is 16.1 Å². The summed E-state index contributed by atoms with van der Waals surface area (Å²) < 4.78 is 0. The number of carboxylic acid groups (broad SMARTS) is 1. The lowest BCUT2D eigenvalue weighted by Crippen LogP contribution is -2.14. The molecule has 0 aliphatic heterocycles. The molecule has 5 nitrogen and oxygen atoms in total. The van der Waals surface area contributed by atoms with Crippen LogP contribution in [0.25, 0.3) is 5.70 Å². The van der Waals surface area contributed by atoms with Crippen LogP contribution in [0.3, 0.4) is 0 Å². The number of nitriles is 1. The summed E-state index contributed by atoms with van der Waals surface area (Å²) in [6, 6.07) is 5.02. The van der Waals surface area contributed by atoms with E-state index in [0.29, 0.717) is 5.56 Å². The molecule has 94 valence electrons. The van der Waals surface area contributed by atoms with E-state index in [1.165, 1.54) is 6.20 Å². The van der Waals surface area contributed by atoms with Gasteiger partial charge in [0, 0.05) is 22.9 Å². The Bertz CT molecular complexity index is 531. The molecule has 0 bridgehead atoms. The van der Waals surface area contributed by atoms with Gasteiger partial charge >= 0.3 is 5.97 Å². The largest absolute Gasteiger partial charge is 0.477 e. The van der Waals surface area contributed by atoms with Crippen molar-refractivity contribution in [3.05, 3.63) is 35.2 Å². The van der Waals surface area contributed by atoms with Crippen LogP contribution in [0.15, 0.2) is 23.9 Å². The fourth-order valence-corrected chi connectivity index (χ4v) is 1.36. The number of nitrogens with zero attached hydrogens (tertiary/aromatic N) is 2. The van der Waals surface area contributed by atoms with Crippen molar-refractivity contribution in [2.75, 3.05) is 0 Å². The molecule has 0 radical (unpaired) electrons. The van der Waals surface area contributed by atoms with Crippen LogP contribution >= 0.6 is 0 Å². The zero-order chi connectivity index (χ0) is 13.9. The van der Waals surface area contributed by atoms with Crippen molar-refractivity contribution < 1.29 is 9.90 Å². The van der Waals surface area contributed by atoms with Crippen LogP contribution in [0, 0.1) is 11.3 Å². The van der Waals surface area contributed by atoms with Gasteiger partial charge in [-0.05, 0) is 12.1 Å². The van der Waals surface area contributed by atoms with Gasteiger partial charge in [-0.2, -0.15) is 5.26 Å². The van der Waals surface area contributed by atoms with E-state index >= 15 is 0 Å². The maximum absolute atomic E-state index is 10.8. The number of rotatable bonds is 2. The molecule has 0 aliphatic carbocycles. The second-order valence-electron chi connectivity index (χ2n) is 4.89. The Hall–Kier alpha value is -2.35. The number of hydrogen-bond acceptors (Lipinski definition) is 4. The molecule has 0 saturated heterocycles. The van der Waals surface area contributed by atoms with Gasteiger partial charge in [0.1, 0.15) is 6.07 Å². The van der Waals surface area contributed by atoms with Gasteiger partial charge in [0.15, 0.2) is 5.57 Å². The molecule has 0 spiro atoms. The van der Waals surface area contributed by atoms with Gasteiger partial charge in [0.05, 0.1) is 5.70 Å². The highest BCUT2D eigenvalue weighted by atomic mass is 16.4. The summed E-state index contributed by atoms with van der Waals surface area (Å²) >= 11 is 0. The normalized spacial score (nSPS) is 12.6. The van der Waals surface area contributed by atoms with Crippen LogP contribution < -0.4 is 5.73 Å². The Labute approximate surface area is 106 Å². The molecule has 0 aromatic carbocycles. The fourth-order valence-electron chi connectivity index (χ4n) is 1.36. The first-order valence-corrected chi connectivity index (χ1v) is 5.37. The highest BCUT2D eigenvalue weighted by Crippen LogP contribution is 2.21. The van der Waals surface area contributed by atoms with Crippen LogP contribution in [0.1, 0.15) is 32.0 Å². The zero-order valence-electron chi connectivity index (χ0n) is 10.6. The SMILES string of the molecule is CC(C)(C)c1ccc(/C(N)=C(\C#N)C(=O)O)cn1. The third-order valence-corrected chi connectivity index (χ3v) is 2.44. The molecule has 1 aromatic heterocycles. The predicted octanol–water partition coefficient (Wildman–Crippen LogP) is 1.66. The molecule has 5 heteroatoms. The molecule has 0 saturated carbocycles. The Kier molecular flexibility index (Phi) is 3.72. The predicted molar refractivity (Wildman–Crippen MR) is 67.3 cm³/mol. The maximum atomic E-state index is 10.8. The topological polar surface area (TPSA) is 100 Å². The highest BCUT2D eigenvalue weighted by Gasteiger charge is 2.17. The van der Waals surface area contributed by atoms with E-state index in [1.807, 2.05) is 20.8 Å². The van der Waals surface area contributed by atoms with Crippen LogP contribution in [-0.4, -0.2) is 16.1 Å². The van der Waals surface area contributed by atoms with E-state index < -0.39 is 11.5 Å². The van der Waals surface area contributed by atoms with Crippen molar-refractivity contribution in [3.63, 3.8) is 0 Å². The van der Waals surface area contributed by atoms with Crippen molar-refractivity contribution in [2.24, 2.45) is 5.73 Å². The number of aliphatic carboxylic acids is 1. The van der Waals surface area contributed by atoms with Gasteiger partial charge in [-0.15, -0.1) is 0 Å². The second kappa shape index (κ2) is 4.88. The van der Waals surface area contributed by atoms with Crippen LogP contribution in [0.5, 0.6) is 0 Å². The molecule has 0 aliphatic rings. The molecule has 0 atom stereocenters. The third-order valence-electron chi connectivity index (χ3n) is 2.44. The lowest BCUT2D eigenvalue weighted by atomic mass is 9.91. The van der Waals surface area contributed by atoms with Gasteiger partial charge in [0.25, 0.3) is 0 Å². The van der Waals surface area contributed by atoms with Crippen LogP contribution in [0.2, 0.25) is 0 Å². The number of carboxylic acids is 1. The smallest absolute Gasteiger partial charge is 0.348 e. The molecule has 1 heterocycles. The summed E-state index contributed by atoms with van der Waals surface area (Å²) in [4.78, 5) is 15.0. The third kappa shape index (κ3) is 2.86. The number of hydrogen-bond donors (Lipinski definition) is 2. The number of nitrogens with two attached hydrogens (primary N) is 1. The minimum atomic E-state index is -1.34. The van der Waals surface area contributed by atoms with Crippen molar-refractivity contribution in [1.29, 1.82) is 5.26 Å². The highest BCUT2D eigenvalue weighted by molar-refractivity contribution is 5.99. The van der Waals surface area contributed by atoms with Gasteiger partial charge in [-0.1, -0.05) is 20.8 Å². The standard InChI is InChI=1S/C13H15N3O2/c1-13(2,3)10-5-4-8(7-16-10)11(15)9(6-14)12(17)18/h4-5,7H,15H2,1-3H3,(H,17,18)/b11-9-. The number of aromatic nitrogens is 1. The van der Waals surface area contributed by atoms with Crippen LogP contribution in [-0.2, 0) is 10.2 Å². The quantitative estimate of drug-likeness (QED) is 0.609. The molecule has 0 amide bonds. The van der Waals surface area contributed by atoms with E-state index in [1.54, 1.807) is 18.2 Å². The van der Waals surface area contributed by atoms with Crippen molar-refractivity contribution >= 4 is 11.7 Å². The first-order chi connectivity index (χ1) is 8.27. The molecule has 0 unspecified atom stereocenters. The zero-order valence-corrected chi connectivity index (χ0v) is 10.6. The second-order valence-corrected chi connectivity index (χ2v) is 4.89. The first kappa shape index (κ1) is 13.7. The van der Waals surface area contributed by atoms with E-state index in [-0.39, 0.29) is 11.1 Å². The Balaban J connectivity index is 3.22. The van der Waals surface area contributed by atoms with Gasteiger partial charge in [-0.25, -0.2) is 4.79 Å². The van der Waals surface area contributed by atoms with Crippen molar-refractivity contribution in [3.8, 4) is 6.07 Å². The fraction of sp³-hybridized carbons (Fsp3) is 0.308. The summed E-state index contributed by atoms with van der Waals surface area (Å²) in [6.45, 7) is 6.06. The monoisotopic (exact) mass is 245 g/mol. The summed E-state index contributed by atoms with van der Waals surface area (Å²) in [5.41, 5.74) is 6.31. The first-order valence-electron chi connectivity index (χ1n) is 5.37.